The Labute approximate surface area is 168 Å². The molecule has 1 amide bonds. The van der Waals surface area contributed by atoms with Crippen LogP contribution in [0.1, 0.15) is 43.2 Å². The van der Waals surface area contributed by atoms with Crippen LogP contribution in [0, 0.1) is 17.2 Å². The molecule has 0 heterocycles. The van der Waals surface area contributed by atoms with E-state index in [0.717, 1.165) is 55.4 Å². The standard InChI is InChI=1S/C23H23F3N2O/c24-23(25,26)20-12-10-18(11-13-20)17-8-6-16(7-9-17)14-21(15-27)28-22(29)19-4-2-1-3-5-19/h6-13,19,21H,1-5,14H2,(H,28,29)/t21-/m0/s1. The molecule has 2 aromatic rings. The number of hydrogen-bond acceptors (Lipinski definition) is 2. The van der Waals surface area contributed by atoms with Crippen LogP contribution in [0.4, 0.5) is 13.2 Å². The van der Waals surface area contributed by atoms with Gasteiger partial charge in [-0.05, 0) is 41.7 Å². The summed E-state index contributed by atoms with van der Waals surface area (Å²) in [5.74, 6) is -0.0423. The van der Waals surface area contributed by atoms with Crippen molar-refractivity contribution in [3.63, 3.8) is 0 Å². The first-order valence-electron chi connectivity index (χ1n) is 9.83. The topological polar surface area (TPSA) is 52.9 Å². The van der Waals surface area contributed by atoms with Crippen LogP contribution in [-0.4, -0.2) is 11.9 Å². The highest BCUT2D eigenvalue weighted by Gasteiger charge is 2.30. The lowest BCUT2D eigenvalue weighted by Crippen LogP contribution is -2.40. The lowest BCUT2D eigenvalue weighted by Gasteiger charge is -2.22. The Morgan fingerprint density at radius 2 is 1.55 bits per heavy atom. The van der Waals surface area contributed by atoms with Gasteiger partial charge >= 0.3 is 6.18 Å². The van der Waals surface area contributed by atoms with E-state index in [1.165, 1.54) is 12.1 Å². The molecule has 0 radical (unpaired) electrons. The third-order valence-electron chi connectivity index (χ3n) is 5.39. The third-order valence-corrected chi connectivity index (χ3v) is 5.39. The molecule has 0 bridgehead atoms. The molecule has 0 aliphatic heterocycles. The molecule has 1 saturated carbocycles. The van der Waals surface area contributed by atoms with Crippen LogP contribution in [0.25, 0.3) is 11.1 Å². The lowest BCUT2D eigenvalue weighted by atomic mass is 9.88. The van der Waals surface area contributed by atoms with Crippen LogP contribution in [0.15, 0.2) is 48.5 Å². The third kappa shape index (κ3) is 5.60. The van der Waals surface area contributed by atoms with E-state index in [-0.39, 0.29) is 11.8 Å². The van der Waals surface area contributed by atoms with Crippen LogP contribution < -0.4 is 5.32 Å². The first-order valence-corrected chi connectivity index (χ1v) is 9.83. The van der Waals surface area contributed by atoms with E-state index in [9.17, 15) is 23.2 Å². The molecule has 29 heavy (non-hydrogen) atoms. The highest BCUT2D eigenvalue weighted by Crippen LogP contribution is 2.31. The minimum atomic E-state index is -4.35. The molecule has 6 heteroatoms. The van der Waals surface area contributed by atoms with Crippen molar-refractivity contribution in [1.82, 2.24) is 5.32 Å². The number of rotatable bonds is 5. The number of carbonyl (C=O) groups is 1. The Hall–Kier alpha value is -2.81. The van der Waals surface area contributed by atoms with E-state index in [2.05, 4.69) is 11.4 Å². The van der Waals surface area contributed by atoms with Crippen molar-refractivity contribution in [2.75, 3.05) is 0 Å². The van der Waals surface area contributed by atoms with Crippen molar-refractivity contribution >= 4 is 5.91 Å². The van der Waals surface area contributed by atoms with Crippen molar-refractivity contribution in [2.45, 2.75) is 50.7 Å². The highest BCUT2D eigenvalue weighted by molar-refractivity contribution is 5.79. The van der Waals surface area contributed by atoms with Crippen LogP contribution in [0.2, 0.25) is 0 Å². The number of carbonyl (C=O) groups excluding carboxylic acids is 1. The van der Waals surface area contributed by atoms with Gasteiger partial charge < -0.3 is 5.32 Å². The summed E-state index contributed by atoms with van der Waals surface area (Å²) in [5, 5.41) is 12.2. The van der Waals surface area contributed by atoms with Gasteiger partial charge in [0.25, 0.3) is 0 Å². The minimum Gasteiger partial charge on any atom is -0.340 e. The zero-order valence-electron chi connectivity index (χ0n) is 16.0. The van der Waals surface area contributed by atoms with Crippen molar-refractivity contribution in [3.8, 4) is 17.2 Å². The van der Waals surface area contributed by atoms with Gasteiger partial charge in [-0.1, -0.05) is 55.7 Å². The summed E-state index contributed by atoms with van der Waals surface area (Å²) >= 11 is 0. The zero-order valence-corrected chi connectivity index (χ0v) is 16.0. The van der Waals surface area contributed by atoms with Gasteiger partial charge in [0.05, 0.1) is 11.6 Å². The molecule has 1 atom stereocenters. The van der Waals surface area contributed by atoms with E-state index in [1.807, 2.05) is 24.3 Å². The summed E-state index contributed by atoms with van der Waals surface area (Å²) < 4.78 is 38.0. The van der Waals surface area contributed by atoms with Gasteiger partial charge in [0.2, 0.25) is 5.91 Å². The molecular weight excluding hydrogens is 377 g/mol. The average molecular weight is 400 g/mol. The summed E-state index contributed by atoms with van der Waals surface area (Å²) in [6.45, 7) is 0. The number of amides is 1. The molecular formula is C23H23F3N2O. The Kier molecular flexibility index (Phi) is 6.58. The maximum absolute atomic E-state index is 12.7. The molecule has 0 aromatic heterocycles. The van der Waals surface area contributed by atoms with Crippen LogP contribution >= 0.6 is 0 Å². The lowest BCUT2D eigenvalue weighted by molar-refractivity contribution is -0.137. The summed E-state index contributed by atoms with van der Waals surface area (Å²) in [6.07, 6.45) is 1.08. The number of nitrogens with one attached hydrogen (secondary N) is 1. The number of hydrogen-bond donors (Lipinski definition) is 1. The summed E-state index contributed by atoms with van der Waals surface area (Å²) in [5.41, 5.74) is 1.69. The van der Waals surface area contributed by atoms with Gasteiger partial charge in [-0.3, -0.25) is 4.79 Å². The first kappa shape index (κ1) is 20.9. The Balaban J connectivity index is 1.61. The molecule has 0 saturated heterocycles. The van der Waals surface area contributed by atoms with Crippen molar-refractivity contribution in [1.29, 1.82) is 5.26 Å². The van der Waals surface area contributed by atoms with E-state index in [0.29, 0.717) is 12.0 Å². The van der Waals surface area contributed by atoms with Gasteiger partial charge in [0, 0.05) is 12.3 Å². The summed E-state index contributed by atoms with van der Waals surface area (Å²) in [7, 11) is 0. The summed E-state index contributed by atoms with van der Waals surface area (Å²) in [4.78, 5) is 12.4. The number of halogens is 3. The molecule has 152 valence electrons. The maximum atomic E-state index is 12.7. The molecule has 3 nitrogen and oxygen atoms in total. The Morgan fingerprint density at radius 1 is 1.00 bits per heavy atom. The normalized spacial score (nSPS) is 16.1. The molecule has 1 N–H and O–H groups in total. The predicted octanol–water partition coefficient (Wildman–Crippen LogP) is 5.50. The van der Waals surface area contributed by atoms with Gasteiger partial charge in [-0.25, -0.2) is 0 Å². The molecule has 0 unspecified atom stereocenters. The fraction of sp³-hybridized carbons (Fsp3) is 0.391. The molecule has 3 rings (SSSR count). The van der Waals surface area contributed by atoms with E-state index in [1.54, 1.807) is 0 Å². The van der Waals surface area contributed by atoms with Crippen molar-refractivity contribution < 1.29 is 18.0 Å². The number of nitriles is 1. The fourth-order valence-corrected chi connectivity index (χ4v) is 3.70. The number of benzene rings is 2. The smallest absolute Gasteiger partial charge is 0.340 e. The van der Waals surface area contributed by atoms with E-state index in [4.69, 9.17) is 0 Å². The van der Waals surface area contributed by atoms with Gasteiger partial charge in [-0.2, -0.15) is 18.4 Å². The van der Waals surface area contributed by atoms with Crippen LogP contribution in [0.3, 0.4) is 0 Å². The second-order valence-electron chi connectivity index (χ2n) is 7.50. The van der Waals surface area contributed by atoms with E-state index >= 15 is 0 Å². The maximum Gasteiger partial charge on any atom is 0.416 e. The second-order valence-corrected chi connectivity index (χ2v) is 7.50. The van der Waals surface area contributed by atoms with Crippen LogP contribution in [-0.2, 0) is 17.4 Å². The van der Waals surface area contributed by atoms with Crippen molar-refractivity contribution in [3.05, 3.63) is 59.7 Å². The van der Waals surface area contributed by atoms with Crippen molar-refractivity contribution in [2.24, 2.45) is 5.92 Å². The molecule has 1 fully saturated rings. The molecule has 1 aliphatic rings. The largest absolute Gasteiger partial charge is 0.416 e. The van der Waals surface area contributed by atoms with E-state index < -0.39 is 17.8 Å². The first-order chi connectivity index (χ1) is 13.9. The quantitative estimate of drug-likeness (QED) is 0.720. The van der Waals surface area contributed by atoms with Gasteiger partial charge in [0.15, 0.2) is 0 Å². The van der Waals surface area contributed by atoms with Crippen LogP contribution in [0.5, 0.6) is 0 Å². The number of alkyl halides is 3. The predicted molar refractivity (Wildman–Crippen MR) is 105 cm³/mol. The molecule has 2 aromatic carbocycles. The minimum absolute atomic E-state index is 0.00152. The highest BCUT2D eigenvalue weighted by atomic mass is 19.4. The molecule has 0 spiro atoms. The average Bonchev–Trinajstić information content (AvgIpc) is 2.74. The summed E-state index contributed by atoms with van der Waals surface area (Å²) in [6, 6.07) is 13.9. The Bertz CT molecular complexity index is 861. The fourth-order valence-electron chi connectivity index (χ4n) is 3.70. The second kappa shape index (κ2) is 9.13. The zero-order chi connectivity index (χ0) is 20.9. The Morgan fingerprint density at radius 3 is 2.07 bits per heavy atom. The van der Waals surface area contributed by atoms with Gasteiger partial charge in [0.1, 0.15) is 6.04 Å². The molecule has 1 aliphatic carbocycles. The number of nitrogens with zero attached hydrogens (tertiary/aromatic N) is 1. The van der Waals surface area contributed by atoms with Gasteiger partial charge in [-0.15, -0.1) is 0 Å². The monoisotopic (exact) mass is 400 g/mol. The SMILES string of the molecule is N#C[C@H](Cc1ccc(-c2ccc(C(F)(F)F)cc2)cc1)NC(=O)C1CCCCC1.